The molecule has 0 radical (unpaired) electrons. The molecule has 2 atom stereocenters. The maximum Gasteiger partial charge on any atom is 0.272 e. The van der Waals surface area contributed by atoms with Gasteiger partial charge in [0.15, 0.2) is 0 Å². The third kappa shape index (κ3) is 2.77. The van der Waals surface area contributed by atoms with Crippen molar-refractivity contribution >= 4 is 10.1 Å². The van der Waals surface area contributed by atoms with E-state index in [1.54, 1.807) is 30.3 Å². The van der Waals surface area contributed by atoms with Gasteiger partial charge in [-0.15, -0.1) is 0 Å². The molecule has 1 aromatic rings. The Hall–Kier alpha value is -0.910. The van der Waals surface area contributed by atoms with E-state index >= 15 is 0 Å². The molecule has 1 fully saturated rings. The summed E-state index contributed by atoms with van der Waals surface area (Å²) in [6, 6.07) is 8.70. The Labute approximate surface area is 88.6 Å². The summed E-state index contributed by atoms with van der Waals surface area (Å²) < 4.78 is 36.5. The molecule has 1 aliphatic rings. The van der Waals surface area contributed by atoms with Gasteiger partial charge in [0.1, 0.15) is 5.25 Å². The standard InChI is InChI=1S/C10H12O4S/c11-15(12,13)10(6-9-7-14-9)8-4-2-1-3-5-8/h1-5,9-10H,6-7H2,(H,11,12,13). The van der Waals surface area contributed by atoms with Crippen LogP contribution in [0.15, 0.2) is 30.3 Å². The minimum atomic E-state index is -4.05. The second-order valence-corrected chi connectivity index (χ2v) is 5.20. The van der Waals surface area contributed by atoms with E-state index in [1.165, 1.54) is 0 Å². The SMILES string of the molecule is O=S(=O)(O)C(CC1CO1)c1ccccc1. The monoisotopic (exact) mass is 228 g/mol. The Bertz CT molecular complexity index is 422. The van der Waals surface area contributed by atoms with Gasteiger partial charge in [-0.3, -0.25) is 4.55 Å². The first-order valence-corrected chi connectivity index (χ1v) is 6.20. The first-order chi connectivity index (χ1) is 7.07. The second-order valence-electron chi connectivity index (χ2n) is 3.61. The average molecular weight is 228 g/mol. The molecule has 1 heterocycles. The summed E-state index contributed by atoms with van der Waals surface area (Å²) in [7, 11) is -4.05. The van der Waals surface area contributed by atoms with Crippen LogP contribution in [0.2, 0.25) is 0 Å². The molecule has 2 unspecified atom stereocenters. The lowest BCUT2D eigenvalue weighted by atomic mass is 10.1. The van der Waals surface area contributed by atoms with Crippen LogP contribution in [0.4, 0.5) is 0 Å². The Balaban J connectivity index is 2.25. The summed E-state index contributed by atoms with van der Waals surface area (Å²) in [6.07, 6.45) is 0.292. The Kier molecular flexibility index (Phi) is 2.77. The molecule has 1 saturated heterocycles. The summed E-state index contributed by atoms with van der Waals surface area (Å²) in [6.45, 7) is 0.582. The third-order valence-corrected chi connectivity index (χ3v) is 3.59. The molecule has 2 rings (SSSR count). The molecule has 4 nitrogen and oxygen atoms in total. The number of rotatable bonds is 4. The van der Waals surface area contributed by atoms with Crippen LogP contribution in [0.1, 0.15) is 17.2 Å². The Morgan fingerprint density at radius 3 is 2.47 bits per heavy atom. The van der Waals surface area contributed by atoms with Crippen LogP contribution in [0.25, 0.3) is 0 Å². The van der Waals surface area contributed by atoms with Gasteiger partial charge in [-0.1, -0.05) is 30.3 Å². The smallest absolute Gasteiger partial charge is 0.272 e. The summed E-state index contributed by atoms with van der Waals surface area (Å²) in [5, 5.41) is -0.869. The fourth-order valence-corrected chi connectivity index (χ4v) is 2.50. The van der Waals surface area contributed by atoms with Crippen molar-refractivity contribution in [1.29, 1.82) is 0 Å². The van der Waals surface area contributed by atoms with Crippen LogP contribution in [-0.2, 0) is 14.9 Å². The van der Waals surface area contributed by atoms with Gasteiger partial charge in [-0.2, -0.15) is 8.42 Å². The Morgan fingerprint density at radius 1 is 1.40 bits per heavy atom. The zero-order chi connectivity index (χ0) is 10.9. The van der Waals surface area contributed by atoms with E-state index in [1.807, 2.05) is 0 Å². The van der Waals surface area contributed by atoms with E-state index in [4.69, 9.17) is 9.29 Å². The number of ether oxygens (including phenoxy) is 1. The molecular weight excluding hydrogens is 216 g/mol. The maximum absolute atomic E-state index is 11.2. The number of epoxide rings is 1. The highest BCUT2D eigenvalue weighted by atomic mass is 32.2. The predicted molar refractivity (Wildman–Crippen MR) is 55.1 cm³/mol. The third-order valence-electron chi connectivity index (χ3n) is 2.41. The van der Waals surface area contributed by atoms with Crippen LogP contribution in [0.3, 0.4) is 0 Å². The van der Waals surface area contributed by atoms with Gasteiger partial charge >= 0.3 is 0 Å². The quantitative estimate of drug-likeness (QED) is 0.625. The van der Waals surface area contributed by atoms with Crippen molar-refractivity contribution < 1.29 is 17.7 Å². The van der Waals surface area contributed by atoms with Gasteiger partial charge in [0.05, 0.1) is 12.7 Å². The fourth-order valence-electron chi connectivity index (χ4n) is 1.54. The Morgan fingerprint density at radius 2 is 2.00 bits per heavy atom. The molecule has 0 aliphatic carbocycles. The highest BCUT2D eigenvalue weighted by Gasteiger charge is 2.33. The van der Waals surface area contributed by atoms with Gasteiger partial charge in [0, 0.05) is 0 Å². The van der Waals surface area contributed by atoms with Gasteiger partial charge in [0.2, 0.25) is 0 Å². The van der Waals surface area contributed by atoms with E-state index in [0.29, 0.717) is 18.6 Å². The van der Waals surface area contributed by atoms with Crippen molar-refractivity contribution in [3.8, 4) is 0 Å². The first kappa shape index (κ1) is 10.6. The normalized spacial score (nSPS) is 22.3. The molecule has 1 aromatic carbocycles. The summed E-state index contributed by atoms with van der Waals surface area (Å²) in [5.41, 5.74) is 0.607. The lowest BCUT2D eigenvalue weighted by Gasteiger charge is -2.12. The number of benzene rings is 1. The van der Waals surface area contributed by atoms with Gasteiger partial charge < -0.3 is 4.74 Å². The highest BCUT2D eigenvalue weighted by molar-refractivity contribution is 7.86. The number of hydrogen-bond donors (Lipinski definition) is 1. The molecule has 0 amide bonds. The number of hydrogen-bond acceptors (Lipinski definition) is 3. The molecule has 1 aliphatic heterocycles. The van der Waals surface area contributed by atoms with Crippen molar-refractivity contribution in [1.82, 2.24) is 0 Å². The summed E-state index contributed by atoms with van der Waals surface area (Å²) in [4.78, 5) is 0. The average Bonchev–Trinajstić information content (AvgIpc) is 2.97. The van der Waals surface area contributed by atoms with Crippen LogP contribution < -0.4 is 0 Å². The molecule has 1 N–H and O–H groups in total. The lowest BCUT2D eigenvalue weighted by Crippen LogP contribution is -2.14. The molecule has 0 bridgehead atoms. The van der Waals surface area contributed by atoms with Crippen LogP contribution in [-0.4, -0.2) is 25.7 Å². The van der Waals surface area contributed by atoms with E-state index in [-0.39, 0.29) is 6.10 Å². The van der Waals surface area contributed by atoms with Crippen molar-refractivity contribution in [2.24, 2.45) is 0 Å². The lowest BCUT2D eigenvalue weighted by molar-refractivity contribution is 0.385. The minimum absolute atomic E-state index is 0.0304. The van der Waals surface area contributed by atoms with Crippen molar-refractivity contribution in [2.45, 2.75) is 17.8 Å². The van der Waals surface area contributed by atoms with Crippen LogP contribution in [0, 0.1) is 0 Å². The summed E-state index contributed by atoms with van der Waals surface area (Å²) in [5.74, 6) is 0. The summed E-state index contributed by atoms with van der Waals surface area (Å²) >= 11 is 0. The predicted octanol–water partition coefficient (Wildman–Crippen LogP) is 1.40. The zero-order valence-corrected chi connectivity index (χ0v) is 8.85. The van der Waals surface area contributed by atoms with Crippen molar-refractivity contribution in [3.05, 3.63) is 35.9 Å². The molecule has 5 heteroatoms. The maximum atomic E-state index is 11.2. The van der Waals surface area contributed by atoms with Gasteiger partial charge in [0.25, 0.3) is 10.1 Å². The van der Waals surface area contributed by atoms with E-state index in [2.05, 4.69) is 0 Å². The topological polar surface area (TPSA) is 66.9 Å². The largest absolute Gasteiger partial charge is 0.373 e. The fraction of sp³-hybridized carbons (Fsp3) is 0.400. The second kappa shape index (κ2) is 3.92. The van der Waals surface area contributed by atoms with E-state index < -0.39 is 15.4 Å². The first-order valence-electron chi connectivity index (χ1n) is 4.70. The van der Waals surface area contributed by atoms with E-state index in [0.717, 1.165) is 0 Å². The highest BCUT2D eigenvalue weighted by Crippen LogP contribution is 2.31. The van der Waals surface area contributed by atoms with Crippen molar-refractivity contribution in [3.63, 3.8) is 0 Å². The molecule has 0 saturated carbocycles. The minimum Gasteiger partial charge on any atom is -0.373 e. The van der Waals surface area contributed by atoms with Crippen molar-refractivity contribution in [2.75, 3.05) is 6.61 Å². The molecule has 0 aromatic heterocycles. The molecule has 15 heavy (non-hydrogen) atoms. The van der Waals surface area contributed by atoms with Crippen LogP contribution >= 0.6 is 0 Å². The van der Waals surface area contributed by atoms with Gasteiger partial charge in [-0.25, -0.2) is 0 Å². The van der Waals surface area contributed by atoms with Gasteiger partial charge in [-0.05, 0) is 12.0 Å². The molecule has 0 spiro atoms. The molecule has 82 valence electrons. The van der Waals surface area contributed by atoms with Crippen LogP contribution in [0.5, 0.6) is 0 Å². The zero-order valence-electron chi connectivity index (χ0n) is 8.04. The molecular formula is C10H12O4S. The van der Waals surface area contributed by atoms with E-state index in [9.17, 15) is 8.42 Å².